The maximum atomic E-state index is 12.5. The predicted molar refractivity (Wildman–Crippen MR) is 78.0 cm³/mol. The molecule has 0 spiro atoms. The van der Waals surface area contributed by atoms with Gasteiger partial charge in [0.25, 0.3) is 0 Å². The van der Waals surface area contributed by atoms with Crippen LogP contribution in [0, 0.1) is 6.92 Å². The lowest BCUT2D eigenvalue weighted by Gasteiger charge is -2.14. The second-order valence-corrected chi connectivity index (χ2v) is 7.69. The Bertz CT molecular complexity index is 539. The van der Waals surface area contributed by atoms with Gasteiger partial charge in [-0.05, 0) is 44.9 Å². The molecule has 1 fully saturated rings. The average Bonchev–Trinajstić information content (AvgIpc) is 2.86. The minimum absolute atomic E-state index is 0.0248. The van der Waals surface area contributed by atoms with E-state index in [0.717, 1.165) is 30.0 Å². The highest BCUT2D eigenvalue weighted by Gasteiger charge is 2.28. The Labute approximate surface area is 119 Å². The van der Waals surface area contributed by atoms with E-state index in [0.29, 0.717) is 11.4 Å². The smallest absolute Gasteiger partial charge is 0.242 e. The molecule has 0 amide bonds. The summed E-state index contributed by atoms with van der Waals surface area (Å²) >= 11 is 1.49. The van der Waals surface area contributed by atoms with Crippen molar-refractivity contribution in [3.63, 3.8) is 0 Å². The van der Waals surface area contributed by atoms with Crippen LogP contribution >= 0.6 is 11.3 Å². The van der Waals surface area contributed by atoms with Crippen molar-refractivity contribution in [2.24, 2.45) is 0 Å². The van der Waals surface area contributed by atoms with Crippen molar-refractivity contribution in [2.75, 3.05) is 27.2 Å². The molecule has 0 saturated carbocycles. The van der Waals surface area contributed by atoms with Gasteiger partial charge in [0.05, 0.1) is 0 Å². The average molecular weight is 303 g/mol. The number of aryl methyl sites for hydroxylation is 1. The summed E-state index contributed by atoms with van der Waals surface area (Å²) < 4.78 is 27.9. The molecule has 1 atom stereocenters. The van der Waals surface area contributed by atoms with E-state index in [1.54, 1.807) is 0 Å². The predicted octanol–water partition coefficient (Wildman–Crippen LogP) is 0.758. The largest absolute Gasteiger partial charge is 0.315 e. The normalized spacial score (nSPS) is 21.1. The van der Waals surface area contributed by atoms with Crippen molar-refractivity contribution in [1.82, 2.24) is 14.9 Å². The molecule has 19 heavy (non-hydrogen) atoms. The molecule has 1 aliphatic rings. The monoisotopic (exact) mass is 303 g/mol. The molecule has 5 nitrogen and oxygen atoms in total. The standard InChI is InChI=1S/C12H21N3O2S2/c1-9-8-18-11(6-13-2)12(9)19(16,17)14-10-4-5-15(3)7-10/h8,10,13-14H,4-7H2,1-3H3. The molecule has 7 heteroatoms. The van der Waals surface area contributed by atoms with Crippen LogP contribution in [-0.4, -0.2) is 46.5 Å². The molecule has 0 aromatic carbocycles. The molecule has 1 aromatic heterocycles. The summed E-state index contributed by atoms with van der Waals surface area (Å²) in [4.78, 5) is 3.47. The maximum absolute atomic E-state index is 12.5. The van der Waals surface area contributed by atoms with Gasteiger partial charge in [0, 0.05) is 24.0 Å². The van der Waals surface area contributed by atoms with E-state index in [1.165, 1.54) is 11.3 Å². The number of hydrogen-bond acceptors (Lipinski definition) is 5. The summed E-state index contributed by atoms with van der Waals surface area (Å²) in [7, 11) is 0.421. The summed E-state index contributed by atoms with van der Waals surface area (Å²) in [6.45, 7) is 4.16. The molecule has 0 radical (unpaired) electrons. The van der Waals surface area contributed by atoms with Crippen LogP contribution in [-0.2, 0) is 16.6 Å². The van der Waals surface area contributed by atoms with Gasteiger partial charge in [-0.1, -0.05) is 0 Å². The van der Waals surface area contributed by atoms with Crippen LogP contribution in [0.4, 0.5) is 0 Å². The van der Waals surface area contributed by atoms with E-state index >= 15 is 0 Å². The van der Waals surface area contributed by atoms with Crippen molar-refractivity contribution < 1.29 is 8.42 Å². The molecule has 2 rings (SSSR count). The first-order valence-electron chi connectivity index (χ1n) is 6.36. The Hall–Kier alpha value is -0.470. The van der Waals surface area contributed by atoms with Crippen LogP contribution in [0.15, 0.2) is 10.3 Å². The van der Waals surface area contributed by atoms with Gasteiger partial charge in [-0.15, -0.1) is 11.3 Å². The fourth-order valence-electron chi connectivity index (χ4n) is 2.44. The summed E-state index contributed by atoms with van der Waals surface area (Å²) in [6, 6.07) is 0.0248. The Morgan fingerprint density at radius 2 is 2.26 bits per heavy atom. The number of sulfonamides is 1. The highest BCUT2D eigenvalue weighted by Crippen LogP contribution is 2.27. The van der Waals surface area contributed by atoms with E-state index in [-0.39, 0.29) is 6.04 Å². The minimum Gasteiger partial charge on any atom is -0.315 e. The third kappa shape index (κ3) is 3.35. The van der Waals surface area contributed by atoms with Crippen molar-refractivity contribution >= 4 is 21.4 Å². The Morgan fingerprint density at radius 3 is 2.84 bits per heavy atom. The second-order valence-electron chi connectivity index (χ2n) is 5.07. The molecule has 1 saturated heterocycles. The fourth-order valence-corrected chi connectivity index (χ4v) is 5.52. The lowest BCUT2D eigenvalue weighted by molar-refractivity contribution is 0.407. The number of thiophene rings is 1. The van der Waals surface area contributed by atoms with Gasteiger partial charge in [0.1, 0.15) is 4.90 Å². The van der Waals surface area contributed by atoms with Crippen LogP contribution in [0.2, 0.25) is 0 Å². The van der Waals surface area contributed by atoms with Crippen molar-refractivity contribution in [2.45, 2.75) is 30.8 Å². The van der Waals surface area contributed by atoms with Gasteiger partial charge in [-0.25, -0.2) is 13.1 Å². The highest BCUT2D eigenvalue weighted by molar-refractivity contribution is 7.89. The van der Waals surface area contributed by atoms with Crippen molar-refractivity contribution in [3.05, 3.63) is 15.8 Å². The quantitative estimate of drug-likeness (QED) is 0.843. The van der Waals surface area contributed by atoms with Gasteiger partial charge in [0.2, 0.25) is 10.0 Å². The van der Waals surface area contributed by atoms with Crippen LogP contribution < -0.4 is 10.0 Å². The number of nitrogens with zero attached hydrogens (tertiary/aromatic N) is 1. The highest BCUT2D eigenvalue weighted by atomic mass is 32.2. The topological polar surface area (TPSA) is 61.4 Å². The number of nitrogens with one attached hydrogen (secondary N) is 2. The summed E-state index contributed by atoms with van der Waals surface area (Å²) in [5.41, 5.74) is 0.828. The lowest BCUT2D eigenvalue weighted by atomic mass is 10.3. The van der Waals surface area contributed by atoms with E-state index in [9.17, 15) is 8.42 Å². The third-order valence-electron chi connectivity index (χ3n) is 3.31. The molecule has 1 aliphatic heterocycles. The van der Waals surface area contributed by atoms with Crippen molar-refractivity contribution in [3.8, 4) is 0 Å². The van der Waals surface area contributed by atoms with E-state index in [1.807, 2.05) is 26.4 Å². The first-order valence-corrected chi connectivity index (χ1v) is 8.72. The Balaban J connectivity index is 2.21. The molecule has 1 unspecified atom stereocenters. The van der Waals surface area contributed by atoms with Gasteiger partial charge < -0.3 is 10.2 Å². The minimum atomic E-state index is -3.41. The Kier molecular flexibility index (Phi) is 4.62. The lowest BCUT2D eigenvalue weighted by Crippen LogP contribution is -2.37. The zero-order valence-electron chi connectivity index (χ0n) is 11.6. The SMILES string of the molecule is CNCc1scc(C)c1S(=O)(=O)NC1CCN(C)C1. The van der Waals surface area contributed by atoms with E-state index in [2.05, 4.69) is 14.9 Å². The van der Waals surface area contributed by atoms with Gasteiger partial charge in [0.15, 0.2) is 0 Å². The summed E-state index contributed by atoms with van der Waals surface area (Å²) in [5.74, 6) is 0. The number of rotatable bonds is 5. The van der Waals surface area contributed by atoms with Gasteiger partial charge in [-0.2, -0.15) is 0 Å². The maximum Gasteiger partial charge on any atom is 0.242 e. The molecular weight excluding hydrogens is 282 g/mol. The van der Waals surface area contributed by atoms with Crippen molar-refractivity contribution in [1.29, 1.82) is 0 Å². The van der Waals surface area contributed by atoms with E-state index in [4.69, 9.17) is 0 Å². The van der Waals surface area contributed by atoms with Gasteiger partial charge in [-0.3, -0.25) is 0 Å². The summed E-state index contributed by atoms with van der Waals surface area (Å²) in [5, 5.41) is 4.93. The number of hydrogen-bond donors (Lipinski definition) is 2. The van der Waals surface area contributed by atoms with Crippen LogP contribution in [0.3, 0.4) is 0 Å². The summed E-state index contributed by atoms with van der Waals surface area (Å²) in [6.07, 6.45) is 0.875. The van der Waals surface area contributed by atoms with Crippen LogP contribution in [0.25, 0.3) is 0 Å². The fraction of sp³-hybridized carbons (Fsp3) is 0.667. The first kappa shape index (κ1) is 14.9. The van der Waals surface area contributed by atoms with Crippen LogP contribution in [0.1, 0.15) is 16.9 Å². The second kappa shape index (κ2) is 5.88. The molecule has 0 aliphatic carbocycles. The molecule has 0 bridgehead atoms. The molecule has 2 heterocycles. The van der Waals surface area contributed by atoms with Crippen LogP contribution in [0.5, 0.6) is 0 Å². The van der Waals surface area contributed by atoms with E-state index < -0.39 is 10.0 Å². The number of likely N-dealkylation sites (N-methyl/N-ethyl adjacent to an activating group) is 1. The van der Waals surface area contributed by atoms with Gasteiger partial charge >= 0.3 is 0 Å². The number of likely N-dealkylation sites (tertiary alicyclic amines) is 1. The Morgan fingerprint density at radius 1 is 1.53 bits per heavy atom. The molecule has 1 aromatic rings. The third-order valence-corrected chi connectivity index (χ3v) is 6.29. The molecule has 2 N–H and O–H groups in total. The first-order chi connectivity index (χ1) is 8.94. The molecule has 108 valence electrons. The molecular formula is C12H21N3O2S2. The zero-order chi connectivity index (χ0) is 14.0. The zero-order valence-corrected chi connectivity index (χ0v) is 13.2.